The number of likely N-dealkylation sites (tertiary alicyclic amines) is 1. The molecule has 1 atom stereocenters. The van der Waals surface area contributed by atoms with Crippen LogP contribution in [-0.4, -0.2) is 49.7 Å². The van der Waals surface area contributed by atoms with Gasteiger partial charge in [0, 0.05) is 31.3 Å². The minimum atomic E-state index is -0.0296. The zero-order chi connectivity index (χ0) is 22.2. The van der Waals surface area contributed by atoms with Crippen molar-refractivity contribution in [2.75, 3.05) is 33.9 Å². The maximum absolute atomic E-state index is 13.1. The van der Waals surface area contributed by atoms with Crippen LogP contribution in [0.15, 0.2) is 42.5 Å². The summed E-state index contributed by atoms with van der Waals surface area (Å²) in [6, 6.07) is 14.2. The van der Waals surface area contributed by atoms with Crippen LogP contribution in [0.4, 0.5) is 4.79 Å². The van der Waals surface area contributed by atoms with E-state index in [0.29, 0.717) is 6.54 Å². The molecule has 1 heterocycles. The molecule has 168 valence electrons. The zero-order valence-corrected chi connectivity index (χ0v) is 19.2. The molecule has 0 aromatic heterocycles. The average Bonchev–Trinajstić information content (AvgIpc) is 3.30. The van der Waals surface area contributed by atoms with Gasteiger partial charge in [-0.05, 0) is 49.2 Å². The standard InChI is InChI=1S/C25H35N3O3/c1-5-27(6-2)18-20-11-8-7-10-19(20)17-26-25(29)28-15-9-12-23(28)22-14-13-21(30-3)16-24(22)31-4/h7-8,10-11,13-14,16,23H,5-6,9,12,15,17-18H2,1-4H3,(H,26,29). The Morgan fingerprint density at radius 2 is 1.84 bits per heavy atom. The van der Waals surface area contributed by atoms with Crippen molar-refractivity contribution in [1.29, 1.82) is 0 Å². The third-order valence-electron chi connectivity index (χ3n) is 6.15. The fourth-order valence-corrected chi connectivity index (χ4v) is 4.27. The van der Waals surface area contributed by atoms with Gasteiger partial charge in [0.15, 0.2) is 0 Å². The van der Waals surface area contributed by atoms with E-state index in [1.165, 1.54) is 11.1 Å². The highest BCUT2D eigenvalue weighted by molar-refractivity contribution is 5.75. The molecule has 1 unspecified atom stereocenters. The van der Waals surface area contributed by atoms with E-state index in [2.05, 4.69) is 42.3 Å². The number of hydrogen-bond donors (Lipinski definition) is 1. The van der Waals surface area contributed by atoms with Crippen LogP contribution < -0.4 is 14.8 Å². The highest BCUT2D eigenvalue weighted by atomic mass is 16.5. The predicted octanol–water partition coefficient (Wildman–Crippen LogP) is 4.59. The summed E-state index contributed by atoms with van der Waals surface area (Å²) in [7, 11) is 3.30. The summed E-state index contributed by atoms with van der Waals surface area (Å²) in [6.45, 7) is 8.54. The van der Waals surface area contributed by atoms with Crippen molar-refractivity contribution in [1.82, 2.24) is 15.1 Å². The normalized spacial score (nSPS) is 15.9. The highest BCUT2D eigenvalue weighted by Crippen LogP contribution is 2.38. The Kier molecular flexibility index (Phi) is 8.18. The Hall–Kier alpha value is -2.73. The van der Waals surface area contributed by atoms with E-state index in [1.807, 2.05) is 29.2 Å². The largest absolute Gasteiger partial charge is 0.497 e. The number of carbonyl (C=O) groups excluding carboxylic acids is 1. The van der Waals surface area contributed by atoms with Crippen LogP contribution in [0.25, 0.3) is 0 Å². The fourth-order valence-electron chi connectivity index (χ4n) is 4.27. The van der Waals surface area contributed by atoms with Crippen LogP contribution in [0, 0.1) is 0 Å². The Morgan fingerprint density at radius 1 is 1.10 bits per heavy atom. The molecule has 2 amide bonds. The number of carbonyl (C=O) groups is 1. The van der Waals surface area contributed by atoms with E-state index >= 15 is 0 Å². The molecule has 2 aromatic carbocycles. The smallest absolute Gasteiger partial charge is 0.318 e. The molecule has 6 heteroatoms. The summed E-state index contributed by atoms with van der Waals surface area (Å²) >= 11 is 0. The van der Waals surface area contributed by atoms with E-state index in [4.69, 9.17) is 9.47 Å². The van der Waals surface area contributed by atoms with E-state index in [9.17, 15) is 4.79 Å². The van der Waals surface area contributed by atoms with Crippen LogP contribution in [0.2, 0.25) is 0 Å². The predicted molar refractivity (Wildman–Crippen MR) is 124 cm³/mol. The molecule has 0 saturated carbocycles. The lowest BCUT2D eigenvalue weighted by Gasteiger charge is -2.27. The molecule has 0 aliphatic carbocycles. The van der Waals surface area contributed by atoms with E-state index in [-0.39, 0.29) is 12.1 Å². The van der Waals surface area contributed by atoms with Crippen LogP contribution in [-0.2, 0) is 13.1 Å². The van der Waals surface area contributed by atoms with Gasteiger partial charge in [-0.25, -0.2) is 4.79 Å². The second-order valence-corrected chi connectivity index (χ2v) is 7.85. The van der Waals surface area contributed by atoms with Crippen molar-refractivity contribution in [2.45, 2.75) is 45.8 Å². The van der Waals surface area contributed by atoms with Crippen molar-refractivity contribution >= 4 is 6.03 Å². The van der Waals surface area contributed by atoms with Gasteiger partial charge in [0.1, 0.15) is 11.5 Å². The number of nitrogens with zero attached hydrogens (tertiary/aromatic N) is 2. The lowest BCUT2D eigenvalue weighted by molar-refractivity contribution is 0.191. The van der Waals surface area contributed by atoms with Gasteiger partial charge in [0.25, 0.3) is 0 Å². The van der Waals surface area contributed by atoms with Gasteiger partial charge in [-0.3, -0.25) is 4.90 Å². The van der Waals surface area contributed by atoms with Crippen molar-refractivity contribution in [2.24, 2.45) is 0 Å². The second-order valence-electron chi connectivity index (χ2n) is 7.85. The van der Waals surface area contributed by atoms with Gasteiger partial charge in [0.2, 0.25) is 0 Å². The summed E-state index contributed by atoms with van der Waals surface area (Å²) in [5.74, 6) is 1.51. The number of hydrogen-bond acceptors (Lipinski definition) is 4. The number of amides is 2. The molecule has 1 fully saturated rings. The zero-order valence-electron chi connectivity index (χ0n) is 19.2. The Bertz CT molecular complexity index is 867. The molecule has 0 spiro atoms. The molecular weight excluding hydrogens is 390 g/mol. The van der Waals surface area contributed by atoms with Gasteiger partial charge >= 0.3 is 6.03 Å². The van der Waals surface area contributed by atoms with Gasteiger partial charge in [-0.2, -0.15) is 0 Å². The number of rotatable bonds is 9. The highest BCUT2D eigenvalue weighted by Gasteiger charge is 2.32. The molecule has 3 rings (SSSR count). The molecule has 2 aromatic rings. The minimum absolute atomic E-state index is 0.00627. The van der Waals surface area contributed by atoms with Crippen LogP contribution in [0.1, 0.15) is 49.4 Å². The fraction of sp³-hybridized carbons (Fsp3) is 0.480. The van der Waals surface area contributed by atoms with Gasteiger partial charge in [0.05, 0.1) is 20.3 Å². The first-order valence-corrected chi connectivity index (χ1v) is 11.2. The minimum Gasteiger partial charge on any atom is -0.497 e. The number of ether oxygens (including phenoxy) is 2. The van der Waals surface area contributed by atoms with Crippen molar-refractivity contribution < 1.29 is 14.3 Å². The maximum Gasteiger partial charge on any atom is 0.318 e. The van der Waals surface area contributed by atoms with Gasteiger partial charge < -0.3 is 19.7 Å². The van der Waals surface area contributed by atoms with Crippen molar-refractivity contribution in [3.8, 4) is 11.5 Å². The maximum atomic E-state index is 13.1. The monoisotopic (exact) mass is 425 g/mol. The molecule has 1 saturated heterocycles. The molecule has 1 aliphatic heterocycles. The Labute approximate surface area is 186 Å². The first-order chi connectivity index (χ1) is 15.1. The summed E-state index contributed by atoms with van der Waals surface area (Å²) in [5, 5.41) is 3.15. The summed E-state index contributed by atoms with van der Waals surface area (Å²) < 4.78 is 10.9. The SMILES string of the molecule is CCN(CC)Cc1ccccc1CNC(=O)N1CCCC1c1ccc(OC)cc1OC. The summed E-state index contributed by atoms with van der Waals surface area (Å²) in [5.41, 5.74) is 3.46. The van der Waals surface area contributed by atoms with Crippen molar-refractivity contribution in [3.63, 3.8) is 0 Å². The molecule has 1 N–H and O–H groups in total. The van der Waals surface area contributed by atoms with Crippen LogP contribution in [0.5, 0.6) is 11.5 Å². The number of benzene rings is 2. The quantitative estimate of drug-likeness (QED) is 0.638. The lowest BCUT2D eigenvalue weighted by Crippen LogP contribution is -2.39. The van der Waals surface area contributed by atoms with Crippen LogP contribution >= 0.6 is 0 Å². The first-order valence-electron chi connectivity index (χ1n) is 11.2. The van der Waals surface area contributed by atoms with E-state index in [1.54, 1.807) is 14.2 Å². The molecule has 0 bridgehead atoms. The van der Waals surface area contributed by atoms with Gasteiger partial charge in [-0.1, -0.05) is 38.1 Å². The average molecular weight is 426 g/mol. The number of urea groups is 1. The second kappa shape index (κ2) is 11.0. The van der Waals surface area contributed by atoms with Gasteiger partial charge in [-0.15, -0.1) is 0 Å². The molecule has 0 radical (unpaired) electrons. The third kappa shape index (κ3) is 5.50. The Balaban J connectivity index is 1.70. The van der Waals surface area contributed by atoms with Crippen LogP contribution in [0.3, 0.4) is 0 Å². The topological polar surface area (TPSA) is 54.0 Å². The third-order valence-corrected chi connectivity index (χ3v) is 6.15. The number of nitrogens with one attached hydrogen (secondary N) is 1. The lowest BCUT2D eigenvalue weighted by atomic mass is 10.0. The summed E-state index contributed by atoms with van der Waals surface area (Å²) in [6.07, 6.45) is 1.90. The summed E-state index contributed by atoms with van der Waals surface area (Å²) in [4.78, 5) is 17.4. The number of methoxy groups -OCH3 is 2. The molecule has 1 aliphatic rings. The molecule has 31 heavy (non-hydrogen) atoms. The first kappa shape index (κ1) is 22.9. The van der Waals surface area contributed by atoms with E-state index < -0.39 is 0 Å². The van der Waals surface area contributed by atoms with E-state index in [0.717, 1.165) is 56.1 Å². The molecular formula is C25H35N3O3. The van der Waals surface area contributed by atoms with Crippen molar-refractivity contribution in [3.05, 3.63) is 59.2 Å². The Morgan fingerprint density at radius 3 is 2.52 bits per heavy atom. The molecule has 6 nitrogen and oxygen atoms in total.